The summed E-state index contributed by atoms with van der Waals surface area (Å²) in [5, 5.41) is 3.02. The Labute approximate surface area is 164 Å². The van der Waals surface area contributed by atoms with Gasteiger partial charge in [0.1, 0.15) is 0 Å². The van der Waals surface area contributed by atoms with Crippen LogP contribution in [0.1, 0.15) is 56.6 Å². The molecule has 2 fully saturated rings. The predicted octanol–water partition coefficient (Wildman–Crippen LogP) is 3.78. The van der Waals surface area contributed by atoms with Gasteiger partial charge in [0.25, 0.3) is 0 Å². The molecule has 1 saturated heterocycles. The Bertz CT molecular complexity index is 697. The molecule has 3 rings (SSSR count). The Kier molecular flexibility index (Phi) is 6.05. The van der Waals surface area contributed by atoms with Crippen molar-refractivity contribution in [1.82, 2.24) is 5.32 Å². The summed E-state index contributed by atoms with van der Waals surface area (Å²) in [7, 11) is 0. The van der Waals surface area contributed by atoms with Crippen LogP contribution in [0.3, 0.4) is 0 Å². The molecule has 0 radical (unpaired) electrons. The average Bonchev–Trinajstić information content (AvgIpc) is 2.66. The maximum Gasteiger partial charge on any atom is 0.416 e. The fourth-order valence-electron chi connectivity index (χ4n) is 4.52. The number of hydrogen-bond acceptors (Lipinski definition) is 3. The molecule has 1 aliphatic carbocycles. The minimum Gasteiger partial charge on any atom is -0.381 e. The third kappa shape index (κ3) is 4.51. The summed E-state index contributed by atoms with van der Waals surface area (Å²) < 4.78 is 45.0. The van der Waals surface area contributed by atoms with Crippen molar-refractivity contribution in [2.24, 2.45) is 11.7 Å². The molecule has 1 aliphatic heterocycles. The summed E-state index contributed by atoms with van der Waals surface area (Å²) in [5.74, 6) is -0.359. The first-order valence-electron chi connectivity index (χ1n) is 9.96. The molecule has 2 aliphatic rings. The van der Waals surface area contributed by atoms with Crippen LogP contribution in [0.5, 0.6) is 0 Å². The van der Waals surface area contributed by atoms with Gasteiger partial charge >= 0.3 is 6.18 Å². The van der Waals surface area contributed by atoms with Gasteiger partial charge in [-0.3, -0.25) is 4.79 Å². The number of hydrogen-bond donors (Lipinski definition) is 2. The molecule has 7 heteroatoms. The van der Waals surface area contributed by atoms with Crippen molar-refractivity contribution in [3.05, 3.63) is 35.4 Å². The second-order valence-corrected chi connectivity index (χ2v) is 8.49. The zero-order valence-electron chi connectivity index (χ0n) is 16.3. The number of halogens is 3. The van der Waals surface area contributed by atoms with E-state index in [4.69, 9.17) is 10.5 Å². The number of ether oxygens (including phenoxy) is 1. The van der Waals surface area contributed by atoms with Gasteiger partial charge in [0.2, 0.25) is 5.91 Å². The highest BCUT2D eigenvalue weighted by atomic mass is 19.4. The van der Waals surface area contributed by atoms with Gasteiger partial charge < -0.3 is 15.8 Å². The topological polar surface area (TPSA) is 64.4 Å². The van der Waals surface area contributed by atoms with Gasteiger partial charge in [-0.05, 0) is 44.2 Å². The van der Waals surface area contributed by atoms with E-state index in [0.717, 1.165) is 31.7 Å². The van der Waals surface area contributed by atoms with Crippen molar-refractivity contribution in [2.75, 3.05) is 19.8 Å². The molecule has 156 valence electrons. The summed E-state index contributed by atoms with van der Waals surface area (Å²) in [6.07, 6.45) is 0.281. The van der Waals surface area contributed by atoms with Gasteiger partial charge in [0, 0.05) is 30.7 Å². The van der Waals surface area contributed by atoms with Gasteiger partial charge in [-0.2, -0.15) is 13.2 Å². The smallest absolute Gasteiger partial charge is 0.381 e. The number of alkyl halides is 3. The van der Waals surface area contributed by atoms with Crippen LogP contribution in [0, 0.1) is 5.92 Å². The van der Waals surface area contributed by atoms with Crippen LogP contribution in [0.25, 0.3) is 0 Å². The SMILES string of the molecule is CC1(N)CCCCC1C(=O)NCC1(c2cccc(C(F)(F)F)c2)CCOCC1. The lowest BCUT2D eigenvalue weighted by molar-refractivity contribution is -0.137. The monoisotopic (exact) mass is 398 g/mol. The number of benzene rings is 1. The molecule has 1 aromatic rings. The maximum absolute atomic E-state index is 13.2. The lowest BCUT2D eigenvalue weighted by atomic mass is 9.72. The number of nitrogens with one attached hydrogen (secondary N) is 1. The first-order valence-corrected chi connectivity index (χ1v) is 9.96. The summed E-state index contributed by atoms with van der Waals surface area (Å²) in [5.41, 5.74) is 5.18. The average molecular weight is 398 g/mol. The third-order valence-electron chi connectivity index (χ3n) is 6.42. The Hall–Kier alpha value is -1.60. The molecule has 1 amide bonds. The molecule has 0 aromatic heterocycles. The first-order chi connectivity index (χ1) is 13.1. The standard InChI is InChI=1S/C21H29F3N2O2/c1-19(25)8-3-2-7-17(19)18(27)26-14-20(9-11-28-12-10-20)15-5-4-6-16(13-15)21(22,23)24/h4-6,13,17H,2-3,7-12,14,25H2,1H3,(H,26,27). The molecular weight excluding hydrogens is 369 g/mol. The van der Waals surface area contributed by atoms with Gasteiger partial charge in [-0.1, -0.05) is 31.0 Å². The van der Waals surface area contributed by atoms with Crippen molar-refractivity contribution in [3.63, 3.8) is 0 Å². The summed E-state index contributed by atoms with van der Waals surface area (Å²) in [6, 6.07) is 5.46. The number of amides is 1. The lowest BCUT2D eigenvalue weighted by Crippen LogP contribution is -2.54. The summed E-state index contributed by atoms with van der Waals surface area (Å²) in [4.78, 5) is 12.9. The zero-order valence-corrected chi connectivity index (χ0v) is 16.3. The van der Waals surface area contributed by atoms with E-state index < -0.39 is 22.7 Å². The molecule has 28 heavy (non-hydrogen) atoms. The van der Waals surface area contributed by atoms with E-state index in [-0.39, 0.29) is 11.8 Å². The van der Waals surface area contributed by atoms with Crippen LogP contribution in [0.15, 0.2) is 24.3 Å². The maximum atomic E-state index is 13.2. The Balaban J connectivity index is 1.80. The normalized spacial score (nSPS) is 28.0. The second-order valence-electron chi connectivity index (χ2n) is 8.49. The fourth-order valence-corrected chi connectivity index (χ4v) is 4.52. The minimum atomic E-state index is -4.39. The van der Waals surface area contributed by atoms with E-state index in [1.807, 2.05) is 6.92 Å². The Morgan fingerprint density at radius 1 is 1.25 bits per heavy atom. The van der Waals surface area contributed by atoms with Crippen molar-refractivity contribution in [2.45, 2.75) is 62.6 Å². The molecule has 1 saturated carbocycles. The molecule has 1 heterocycles. The predicted molar refractivity (Wildman–Crippen MR) is 101 cm³/mol. The fraction of sp³-hybridized carbons (Fsp3) is 0.667. The van der Waals surface area contributed by atoms with Gasteiger partial charge in [0.15, 0.2) is 0 Å². The molecule has 2 atom stereocenters. The van der Waals surface area contributed by atoms with Gasteiger partial charge in [-0.25, -0.2) is 0 Å². The molecule has 0 spiro atoms. The van der Waals surface area contributed by atoms with Crippen molar-refractivity contribution in [3.8, 4) is 0 Å². The van der Waals surface area contributed by atoms with Crippen LogP contribution in [0.2, 0.25) is 0 Å². The number of carbonyl (C=O) groups is 1. The second kappa shape index (κ2) is 8.03. The number of carbonyl (C=O) groups excluding carboxylic acids is 1. The summed E-state index contributed by atoms with van der Waals surface area (Å²) >= 11 is 0. The quantitative estimate of drug-likeness (QED) is 0.811. The third-order valence-corrected chi connectivity index (χ3v) is 6.42. The van der Waals surface area contributed by atoms with Crippen molar-refractivity contribution < 1.29 is 22.7 Å². The largest absolute Gasteiger partial charge is 0.416 e. The molecule has 1 aromatic carbocycles. The van der Waals surface area contributed by atoms with E-state index in [0.29, 0.717) is 38.2 Å². The van der Waals surface area contributed by atoms with Crippen LogP contribution in [-0.2, 0) is 21.1 Å². The minimum absolute atomic E-state index is 0.0949. The van der Waals surface area contributed by atoms with Gasteiger partial charge in [-0.15, -0.1) is 0 Å². The van der Waals surface area contributed by atoms with E-state index in [9.17, 15) is 18.0 Å². The molecule has 3 N–H and O–H groups in total. The van der Waals surface area contributed by atoms with E-state index in [1.54, 1.807) is 6.07 Å². The highest BCUT2D eigenvalue weighted by molar-refractivity contribution is 5.80. The van der Waals surface area contributed by atoms with Crippen LogP contribution >= 0.6 is 0 Å². The van der Waals surface area contributed by atoms with E-state index in [1.165, 1.54) is 12.1 Å². The van der Waals surface area contributed by atoms with Gasteiger partial charge in [0.05, 0.1) is 11.5 Å². The van der Waals surface area contributed by atoms with Crippen LogP contribution < -0.4 is 11.1 Å². The van der Waals surface area contributed by atoms with E-state index >= 15 is 0 Å². The first kappa shape index (κ1) is 21.1. The zero-order chi connectivity index (χ0) is 20.4. The highest BCUT2D eigenvalue weighted by Crippen LogP contribution is 2.38. The molecule has 4 nitrogen and oxygen atoms in total. The molecule has 0 bridgehead atoms. The number of nitrogens with two attached hydrogens (primary N) is 1. The van der Waals surface area contributed by atoms with E-state index in [2.05, 4.69) is 5.32 Å². The highest BCUT2D eigenvalue weighted by Gasteiger charge is 2.41. The van der Waals surface area contributed by atoms with Crippen LogP contribution in [0.4, 0.5) is 13.2 Å². The summed E-state index contributed by atoms with van der Waals surface area (Å²) in [6.45, 7) is 3.13. The Morgan fingerprint density at radius 3 is 2.61 bits per heavy atom. The van der Waals surface area contributed by atoms with Crippen LogP contribution in [-0.4, -0.2) is 31.2 Å². The lowest BCUT2D eigenvalue weighted by Gasteiger charge is -2.40. The molecule has 2 unspecified atom stereocenters. The molecular formula is C21H29F3N2O2. The van der Waals surface area contributed by atoms with Crippen molar-refractivity contribution in [1.29, 1.82) is 0 Å². The van der Waals surface area contributed by atoms with Crippen molar-refractivity contribution >= 4 is 5.91 Å². The Morgan fingerprint density at radius 2 is 1.96 bits per heavy atom. The number of rotatable bonds is 4.